The maximum absolute atomic E-state index is 8.79. The van der Waals surface area contributed by atoms with Gasteiger partial charge in [0.05, 0.1) is 5.69 Å². The first-order valence-corrected chi connectivity index (χ1v) is 6.99. The van der Waals surface area contributed by atoms with Crippen molar-refractivity contribution in [3.63, 3.8) is 0 Å². The molecule has 0 saturated carbocycles. The van der Waals surface area contributed by atoms with E-state index in [1.165, 1.54) is 11.1 Å². The molecule has 0 unspecified atom stereocenters. The van der Waals surface area contributed by atoms with Crippen molar-refractivity contribution >= 4 is 0 Å². The van der Waals surface area contributed by atoms with Crippen molar-refractivity contribution in [3.8, 4) is 0 Å². The molecule has 0 aliphatic heterocycles. The van der Waals surface area contributed by atoms with Crippen LogP contribution in [-0.4, -0.2) is 26.7 Å². The monoisotopic (exact) mass is 274 g/mol. The number of rotatable bonds is 7. The van der Waals surface area contributed by atoms with Crippen molar-refractivity contribution in [1.29, 1.82) is 0 Å². The van der Waals surface area contributed by atoms with Gasteiger partial charge >= 0.3 is 0 Å². The molecule has 2 aromatic rings. The van der Waals surface area contributed by atoms with Gasteiger partial charge in [-0.3, -0.25) is 4.68 Å². The van der Waals surface area contributed by atoms with E-state index in [0.717, 1.165) is 5.69 Å². The lowest BCUT2D eigenvalue weighted by Gasteiger charge is -2.15. The Morgan fingerprint density at radius 1 is 1.35 bits per heavy atom. The van der Waals surface area contributed by atoms with E-state index in [9.17, 15) is 0 Å². The average molecular weight is 274 g/mol. The van der Waals surface area contributed by atoms with Crippen LogP contribution in [0.1, 0.15) is 36.2 Å². The molecule has 1 aromatic carbocycles. The number of aliphatic hydroxyl groups excluding tert-OH is 1. The minimum absolute atomic E-state index is 0.178. The molecule has 0 radical (unpaired) electrons. The Labute approximate surface area is 119 Å². The summed E-state index contributed by atoms with van der Waals surface area (Å²) in [6.45, 7) is 5.85. The number of benzene rings is 1. The lowest BCUT2D eigenvalue weighted by molar-refractivity contribution is 0.276. The van der Waals surface area contributed by atoms with E-state index in [0.29, 0.717) is 19.5 Å². The molecule has 2 N–H and O–H groups in total. The van der Waals surface area contributed by atoms with Crippen LogP contribution in [0, 0.1) is 6.92 Å². The molecule has 5 nitrogen and oxygen atoms in total. The highest BCUT2D eigenvalue weighted by Crippen LogP contribution is 2.16. The third kappa shape index (κ3) is 3.88. The summed E-state index contributed by atoms with van der Waals surface area (Å²) in [7, 11) is 0. The van der Waals surface area contributed by atoms with E-state index in [1.54, 1.807) is 4.68 Å². The second-order valence-electron chi connectivity index (χ2n) is 5.01. The molecule has 20 heavy (non-hydrogen) atoms. The number of nitrogens with zero attached hydrogens (tertiary/aromatic N) is 3. The molecule has 1 aromatic heterocycles. The third-order valence-corrected chi connectivity index (χ3v) is 3.38. The van der Waals surface area contributed by atoms with Crippen LogP contribution in [0.3, 0.4) is 0 Å². The Bertz CT molecular complexity index is 538. The minimum Gasteiger partial charge on any atom is -0.396 e. The zero-order valence-corrected chi connectivity index (χ0v) is 12.1. The summed E-state index contributed by atoms with van der Waals surface area (Å²) < 4.78 is 1.77. The largest absolute Gasteiger partial charge is 0.396 e. The van der Waals surface area contributed by atoms with Crippen LogP contribution >= 0.6 is 0 Å². The quantitative estimate of drug-likeness (QED) is 0.808. The number of aromatic nitrogens is 3. The van der Waals surface area contributed by atoms with Crippen LogP contribution in [-0.2, 0) is 13.1 Å². The first-order chi connectivity index (χ1) is 9.70. The number of aryl methyl sites for hydroxylation is 2. The minimum atomic E-state index is 0.178. The molecule has 0 fully saturated rings. The number of nitrogens with one attached hydrogen (secondary N) is 1. The van der Waals surface area contributed by atoms with Gasteiger partial charge in [-0.1, -0.05) is 29.5 Å². The average Bonchev–Trinajstić information content (AvgIpc) is 2.91. The molecule has 0 amide bonds. The SMILES string of the molecule is Cc1ccccc1[C@H](C)NCc1cn(CCCO)nn1. The molecule has 5 heteroatoms. The summed E-state index contributed by atoms with van der Waals surface area (Å²) in [4.78, 5) is 0. The van der Waals surface area contributed by atoms with Crippen LogP contribution in [0.4, 0.5) is 0 Å². The second-order valence-corrected chi connectivity index (χ2v) is 5.01. The van der Waals surface area contributed by atoms with Crippen molar-refractivity contribution in [2.75, 3.05) is 6.61 Å². The molecule has 108 valence electrons. The fourth-order valence-corrected chi connectivity index (χ4v) is 2.20. The maximum Gasteiger partial charge on any atom is 0.0965 e. The molecule has 0 spiro atoms. The Balaban J connectivity index is 1.88. The van der Waals surface area contributed by atoms with Crippen LogP contribution in [0.2, 0.25) is 0 Å². The standard InChI is InChI=1S/C15H22N4O/c1-12-6-3-4-7-15(12)13(2)16-10-14-11-19(18-17-14)8-5-9-20/h3-4,6-7,11,13,16,20H,5,8-10H2,1-2H3/t13-/m0/s1. The number of hydrogen-bond donors (Lipinski definition) is 2. The van der Waals surface area contributed by atoms with Crippen LogP contribution in [0.5, 0.6) is 0 Å². The molecule has 0 aliphatic carbocycles. The van der Waals surface area contributed by atoms with Gasteiger partial charge in [-0.05, 0) is 31.4 Å². The van der Waals surface area contributed by atoms with E-state index in [2.05, 4.69) is 53.7 Å². The fraction of sp³-hybridized carbons (Fsp3) is 0.467. The van der Waals surface area contributed by atoms with Gasteiger partial charge in [-0.2, -0.15) is 0 Å². The molecule has 1 atom stereocenters. The van der Waals surface area contributed by atoms with E-state index < -0.39 is 0 Å². The van der Waals surface area contributed by atoms with Gasteiger partial charge in [-0.15, -0.1) is 5.10 Å². The second kappa shape index (κ2) is 7.17. The molecule has 0 aliphatic rings. The number of hydrogen-bond acceptors (Lipinski definition) is 4. The number of aliphatic hydroxyl groups is 1. The zero-order valence-electron chi connectivity index (χ0n) is 12.1. The van der Waals surface area contributed by atoms with Crippen LogP contribution < -0.4 is 5.32 Å². The smallest absolute Gasteiger partial charge is 0.0965 e. The van der Waals surface area contributed by atoms with Gasteiger partial charge in [-0.25, -0.2) is 0 Å². The third-order valence-electron chi connectivity index (χ3n) is 3.38. The van der Waals surface area contributed by atoms with Gasteiger partial charge < -0.3 is 10.4 Å². The Morgan fingerprint density at radius 3 is 2.90 bits per heavy atom. The summed E-state index contributed by atoms with van der Waals surface area (Å²) in [6.07, 6.45) is 2.63. The predicted octanol–water partition coefficient (Wildman–Crippen LogP) is 1.82. The summed E-state index contributed by atoms with van der Waals surface area (Å²) in [5.41, 5.74) is 3.52. The van der Waals surface area contributed by atoms with Crippen molar-refractivity contribution in [3.05, 3.63) is 47.3 Å². The maximum atomic E-state index is 8.79. The first-order valence-electron chi connectivity index (χ1n) is 6.99. The molecule has 1 heterocycles. The lowest BCUT2D eigenvalue weighted by atomic mass is 10.0. The Hall–Kier alpha value is -1.72. The highest BCUT2D eigenvalue weighted by Gasteiger charge is 2.08. The van der Waals surface area contributed by atoms with Gasteiger partial charge in [0.15, 0.2) is 0 Å². The van der Waals surface area contributed by atoms with Gasteiger partial charge in [0.2, 0.25) is 0 Å². The van der Waals surface area contributed by atoms with E-state index in [-0.39, 0.29) is 12.6 Å². The Kier molecular flexibility index (Phi) is 5.26. The van der Waals surface area contributed by atoms with Gasteiger partial charge in [0.1, 0.15) is 0 Å². The van der Waals surface area contributed by atoms with E-state index in [4.69, 9.17) is 5.11 Å². The van der Waals surface area contributed by atoms with Gasteiger partial charge in [0.25, 0.3) is 0 Å². The van der Waals surface area contributed by atoms with Crippen molar-refractivity contribution in [2.45, 2.75) is 39.4 Å². The Morgan fingerprint density at radius 2 is 2.15 bits per heavy atom. The summed E-state index contributed by atoms with van der Waals surface area (Å²) in [5, 5.41) is 20.4. The van der Waals surface area contributed by atoms with Crippen LogP contribution in [0.15, 0.2) is 30.5 Å². The summed E-state index contributed by atoms with van der Waals surface area (Å²) in [5.74, 6) is 0. The van der Waals surface area contributed by atoms with Crippen molar-refractivity contribution < 1.29 is 5.11 Å². The first kappa shape index (κ1) is 14.7. The lowest BCUT2D eigenvalue weighted by Crippen LogP contribution is -2.19. The highest BCUT2D eigenvalue weighted by atomic mass is 16.3. The molecular weight excluding hydrogens is 252 g/mol. The molecular formula is C15H22N4O. The van der Waals surface area contributed by atoms with Gasteiger partial charge in [0, 0.05) is 31.9 Å². The predicted molar refractivity (Wildman–Crippen MR) is 78.2 cm³/mol. The van der Waals surface area contributed by atoms with Crippen molar-refractivity contribution in [2.24, 2.45) is 0 Å². The fourth-order valence-electron chi connectivity index (χ4n) is 2.20. The topological polar surface area (TPSA) is 63.0 Å². The summed E-state index contributed by atoms with van der Waals surface area (Å²) >= 11 is 0. The van der Waals surface area contributed by atoms with Crippen molar-refractivity contribution in [1.82, 2.24) is 20.3 Å². The van der Waals surface area contributed by atoms with E-state index in [1.807, 2.05) is 6.20 Å². The van der Waals surface area contributed by atoms with Crippen LogP contribution in [0.25, 0.3) is 0 Å². The molecule has 0 bridgehead atoms. The summed E-state index contributed by atoms with van der Waals surface area (Å²) in [6, 6.07) is 8.66. The molecule has 0 saturated heterocycles. The van der Waals surface area contributed by atoms with E-state index >= 15 is 0 Å². The molecule has 2 rings (SSSR count). The zero-order chi connectivity index (χ0) is 14.4. The highest BCUT2D eigenvalue weighted by molar-refractivity contribution is 5.28. The normalized spacial score (nSPS) is 12.6.